The fraction of sp³-hybridized carbons (Fsp3) is 0.294. The molecule has 3 heteroatoms. The van der Waals surface area contributed by atoms with Crippen LogP contribution < -0.4 is 5.32 Å². The molecule has 0 aliphatic heterocycles. The lowest BCUT2D eigenvalue weighted by Crippen LogP contribution is -2.33. The number of halogens is 2. The highest BCUT2D eigenvalue weighted by molar-refractivity contribution is 9.10. The van der Waals surface area contributed by atoms with Gasteiger partial charge in [0, 0.05) is 15.5 Å². The average Bonchev–Trinajstić information content (AvgIpc) is 2.43. The van der Waals surface area contributed by atoms with Crippen LogP contribution in [0.15, 0.2) is 53.0 Å². The topological polar surface area (TPSA) is 12.0 Å². The van der Waals surface area contributed by atoms with Crippen LogP contribution in [0, 0.1) is 0 Å². The molecule has 1 unspecified atom stereocenters. The fourth-order valence-electron chi connectivity index (χ4n) is 2.36. The van der Waals surface area contributed by atoms with Gasteiger partial charge in [-0.2, -0.15) is 0 Å². The summed E-state index contributed by atoms with van der Waals surface area (Å²) in [5.74, 6) is 0. The molecule has 0 heterocycles. The van der Waals surface area contributed by atoms with E-state index >= 15 is 0 Å². The van der Waals surface area contributed by atoms with Gasteiger partial charge < -0.3 is 5.32 Å². The molecule has 1 atom stereocenters. The maximum absolute atomic E-state index is 6.32. The molecule has 0 bridgehead atoms. The number of hydrogen-bond acceptors (Lipinski definition) is 1. The van der Waals surface area contributed by atoms with Crippen molar-refractivity contribution in [3.05, 3.63) is 69.2 Å². The largest absolute Gasteiger partial charge is 0.314 e. The van der Waals surface area contributed by atoms with E-state index in [2.05, 4.69) is 64.6 Å². The van der Waals surface area contributed by atoms with Gasteiger partial charge in [0.2, 0.25) is 0 Å². The summed E-state index contributed by atoms with van der Waals surface area (Å²) in [4.78, 5) is 0. The molecule has 0 spiro atoms. The van der Waals surface area contributed by atoms with Gasteiger partial charge in [-0.25, -0.2) is 0 Å². The minimum absolute atomic E-state index is 0.404. The summed E-state index contributed by atoms with van der Waals surface area (Å²) in [6.45, 7) is 3.10. The summed E-state index contributed by atoms with van der Waals surface area (Å²) >= 11 is 9.77. The Morgan fingerprint density at radius 2 is 1.85 bits per heavy atom. The summed E-state index contributed by atoms with van der Waals surface area (Å²) in [6.07, 6.45) is 1.95. The summed E-state index contributed by atoms with van der Waals surface area (Å²) in [5, 5.41) is 4.38. The van der Waals surface area contributed by atoms with Gasteiger partial charge in [-0.05, 0) is 42.6 Å². The minimum Gasteiger partial charge on any atom is -0.314 e. The Morgan fingerprint density at radius 1 is 1.10 bits per heavy atom. The van der Waals surface area contributed by atoms with Crippen LogP contribution in [-0.2, 0) is 12.8 Å². The molecule has 106 valence electrons. The van der Waals surface area contributed by atoms with Gasteiger partial charge in [-0.3, -0.25) is 0 Å². The predicted molar refractivity (Wildman–Crippen MR) is 90.5 cm³/mol. The first-order valence-electron chi connectivity index (χ1n) is 6.90. The van der Waals surface area contributed by atoms with Gasteiger partial charge in [0.15, 0.2) is 0 Å². The second-order valence-corrected chi connectivity index (χ2v) is 6.21. The molecular weight excluding hydrogens is 334 g/mol. The Balaban J connectivity index is 2.09. The smallest absolute Gasteiger partial charge is 0.0449 e. The molecule has 1 N–H and O–H groups in total. The highest BCUT2D eigenvalue weighted by Crippen LogP contribution is 2.23. The van der Waals surface area contributed by atoms with E-state index in [1.54, 1.807) is 0 Å². The van der Waals surface area contributed by atoms with E-state index in [0.29, 0.717) is 6.04 Å². The third kappa shape index (κ3) is 4.62. The standard InChI is InChI=1S/C17H19BrClN/c1-2-20-16(10-13-6-4-3-5-7-13)11-14-8-9-15(18)12-17(14)19/h3-9,12,16,20H,2,10-11H2,1H3. The molecule has 0 aliphatic rings. The van der Waals surface area contributed by atoms with Crippen LogP contribution >= 0.6 is 27.5 Å². The van der Waals surface area contributed by atoms with Crippen molar-refractivity contribution in [3.63, 3.8) is 0 Å². The van der Waals surface area contributed by atoms with Crippen molar-refractivity contribution in [1.82, 2.24) is 5.32 Å². The van der Waals surface area contributed by atoms with Gasteiger partial charge >= 0.3 is 0 Å². The van der Waals surface area contributed by atoms with Crippen LogP contribution in [0.25, 0.3) is 0 Å². The zero-order valence-corrected chi connectivity index (χ0v) is 13.9. The molecule has 0 aliphatic carbocycles. The van der Waals surface area contributed by atoms with Crippen molar-refractivity contribution in [1.29, 1.82) is 0 Å². The third-order valence-corrected chi connectivity index (χ3v) is 4.14. The zero-order valence-electron chi connectivity index (χ0n) is 11.6. The van der Waals surface area contributed by atoms with Crippen LogP contribution in [0.2, 0.25) is 5.02 Å². The van der Waals surface area contributed by atoms with Crippen LogP contribution in [0.1, 0.15) is 18.1 Å². The van der Waals surface area contributed by atoms with Gasteiger partial charge in [-0.15, -0.1) is 0 Å². The molecule has 2 aromatic carbocycles. The molecule has 0 amide bonds. The molecule has 0 saturated heterocycles. The highest BCUT2D eigenvalue weighted by Gasteiger charge is 2.11. The van der Waals surface area contributed by atoms with E-state index in [9.17, 15) is 0 Å². The van der Waals surface area contributed by atoms with Gasteiger partial charge in [0.05, 0.1) is 0 Å². The zero-order chi connectivity index (χ0) is 14.4. The van der Waals surface area contributed by atoms with Crippen molar-refractivity contribution in [2.24, 2.45) is 0 Å². The van der Waals surface area contributed by atoms with E-state index in [-0.39, 0.29) is 0 Å². The van der Waals surface area contributed by atoms with E-state index in [4.69, 9.17) is 11.6 Å². The Morgan fingerprint density at radius 3 is 2.50 bits per heavy atom. The van der Waals surface area contributed by atoms with Gasteiger partial charge in [0.1, 0.15) is 0 Å². The fourth-order valence-corrected chi connectivity index (χ4v) is 3.11. The lowest BCUT2D eigenvalue weighted by atomic mass is 9.99. The predicted octanol–water partition coefficient (Wildman–Crippen LogP) is 4.87. The lowest BCUT2D eigenvalue weighted by molar-refractivity contribution is 0.521. The van der Waals surface area contributed by atoms with E-state index in [1.165, 1.54) is 11.1 Å². The highest BCUT2D eigenvalue weighted by atomic mass is 79.9. The van der Waals surface area contributed by atoms with Crippen molar-refractivity contribution in [2.45, 2.75) is 25.8 Å². The Bertz CT molecular complexity index is 542. The number of hydrogen-bond donors (Lipinski definition) is 1. The Kier molecular flexibility index (Phi) is 6.08. The first-order chi connectivity index (χ1) is 9.69. The quantitative estimate of drug-likeness (QED) is 0.782. The molecule has 20 heavy (non-hydrogen) atoms. The number of nitrogens with one attached hydrogen (secondary N) is 1. The molecule has 2 rings (SSSR count). The van der Waals surface area contributed by atoms with E-state index in [0.717, 1.165) is 28.9 Å². The van der Waals surface area contributed by atoms with Gasteiger partial charge in [-0.1, -0.05) is 70.9 Å². The van der Waals surface area contributed by atoms with Crippen molar-refractivity contribution in [3.8, 4) is 0 Å². The van der Waals surface area contributed by atoms with Crippen molar-refractivity contribution >= 4 is 27.5 Å². The number of likely N-dealkylation sites (N-methyl/N-ethyl adjacent to an activating group) is 1. The van der Waals surface area contributed by atoms with E-state index < -0.39 is 0 Å². The normalized spacial score (nSPS) is 12.3. The van der Waals surface area contributed by atoms with Crippen LogP contribution in [0.3, 0.4) is 0 Å². The summed E-state index contributed by atoms with van der Waals surface area (Å²) in [7, 11) is 0. The maximum Gasteiger partial charge on any atom is 0.0449 e. The molecule has 1 nitrogen and oxygen atoms in total. The van der Waals surface area contributed by atoms with E-state index in [1.807, 2.05) is 12.1 Å². The molecular formula is C17H19BrClN. The summed E-state index contributed by atoms with van der Waals surface area (Å²) in [5.41, 5.74) is 2.54. The Labute approximate surface area is 134 Å². The second kappa shape index (κ2) is 7.82. The number of rotatable bonds is 6. The number of benzene rings is 2. The lowest BCUT2D eigenvalue weighted by Gasteiger charge is -2.19. The second-order valence-electron chi connectivity index (χ2n) is 4.88. The van der Waals surface area contributed by atoms with Crippen molar-refractivity contribution in [2.75, 3.05) is 6.54 Å². The molecule has 0 fully saturated rings. The molecule has 0 aromatic heterocycles. The van der Waals surface area contributed by atoms with Crippen molar-refractivity contribution < 1.29 is 0 Å². The van der Waals surface area contributed by atoms with Crippen LogP contribution in [0.4, 0.5) is 0 Å². The average molecular weight is 353 g/mol. The molecule has 0 radical (unpaired) electrons. The monoisotopic (exact) mass is 351 g/mol. The molecule has 0 saturated carbocycles. The van der Waals surface area contributed by atoms with Gasteiger partial charge in [0.25, 0.3) is 0 Å². The summed E-state index contributed by atoms with van der Waals surface area (Å²) in [6, 6.07) is 17.1. The minimum atomic E-state index is 0.404. The maximum atomic E-state index is 6.32. The SMILES string of the molecule is CCNC(Cc1ccccc1)Cc1ccc(Br)cc1Cl. The van der Waals surface area contributed by atoms with Crippen LogP contribution in [0.5, 0.6) is 0 Å². The third-order valence-electron chi connectivity index (χ3n) is 3.30. The molecule has 2 aromatic rings. The first kappa shape index (κ1) is 15.6. The summed E-state index contributed by atoms with van der Waals surface area (Å²) < 4.78 is 1.02. The Hall–Kier alpha value is -0.830. The first-order valence-corrected chi connectivity index (χ1v) is 8.07. The van der Waals surface area contributed by atoms with Crippen LogP contribution in [-0.4, -0.2) is 12.6 Å².